The van der Waals surface area contributed by atoms with Crippen molar-refractivity contribution in [3.05, 3.63) is 0 Å². The molecule has 0 unspecified atom stereocenters. The second kappa shape index (κ2) is 2.39. The van der Waals surface area contributed by atoms with Gasteiger partial charge >= 0.3 is 6.72 Å². The van der Waals surface area contributed by atoms with Crippen LogP contribution < -0.4 is 0 Å². The molecule has 0 saturated carbocycles. The lowest BCUT2D eigenvalue weighted by Crippen LogP contribution is -2.09. The van der Waals surface area contributed by atoms with Gasteiger partial charge in [0, 0.05) is 0 Å². The molecule has 8 heavy (non-hydrogen) atoms. The Labute approximate surface area is 51.6 Å². The van der Waals surface area contributed by atoms with Crippen LogP contribution in [0.2, 0.25) is 0 Å². The van der Waals surface area contributed by atoms with Crippen LogP contribution in [0.1, 0.15) is 0 Å². The van der Waals surface area contributed by atoms with E-state index in [0.29, 0.717) is 0 Å². The first-order valence-corrected chi connectivity index (χ1v) is 4.49. The quantitative estimate of drug-likeness (QED) is 0.507. The SMILES string of the molecule is OP1(=S)OCOCO1. The highest BCUT2D eigenvalue weighted by molar-refractivity contribution is 8.07. The molecular weight excluding hydrogens is 151 g/mol. The molecule has 0 aromatic heterocycles. The molecular formula is C2H5O4PS. The van der Waals surface area contributed by atoms with Gasteiger partial charge in [-0.25, -0.2) is 0 Å². The maximum Gasteiger partial charge on any atom is 0.328 e. The van der Waals surface area contributed by atoms with Crippen molar-refractivity contribution in [3.8, 4) is 0 Å². The first-order chi connectivity index (χ1) is 3.71. The van der Waals surface area contributed by atoms with E-state index in [4.69, 9.17) is 4.89 Å². The van der Waals surface area contributed by atoms with Gasteiger partial charge < -0.3 is 9.63 Å². The molecule has 0 aliphatic carbocycles. The monoisotopic (exact) mass is 156 g/mol. The van der Waals surface area contributed by atoms with E-state index in [1.165, 1.54) is 0 Å². The van der Waals surface area contributed by atoms with Gasteiger partial charge in [0.15, 0.2) is 13.6 Å². The molecule has 1 N–H and O–H groups in total. The van der Waals surface area contributed by atoms with Crippen LogP contribution in [0.4, 0.5) is 0 Å². The Morgan fingerprint density at radius 1 is 1.38 bits per heavy atom. The third-order valence-corrected chi connectivity index (χ3v) is 2.09. The molecule has 1 saturated heterocycles. The summed E-state index contributed by atoms with van der Waals surface area (Å²) in [5.74, 6) is 0. The van der Waals surface area contributed by atoms with Crippen molar-refractivity contribution < 1.29 is 18.7 Å². The van der Waals surface area contributed by atoms with Gasteiger partial charge in [0.25, 0.3) is 0 Å². The van der Waals surface area contributed by atoms with Gasteiger partial charge in [-0.2, -0.15) is 0 Å². The lowest BCUT2D eigenvalue weighted by Gasteiger charge is -2.19. The van der Waals surface area contributed by atoms with Crippen molar-refractivity contribution in [1.29, 1.82) is 0 Å². The smallest absolute Gasteiger partial charge is 0.328 e. The average molecular weight is 156 g/mol. The molecule has 1 aliphatic heterocycles. The fraction of sp³-hybridized carbons (Fsp3) is 1.00. The van der Waals surface area contributed by atoms with Gasteiger partial charge in [-0.05, 0) is 11.8 Å². The topological polar surface area (TPSA) is 47.9 Å². The highest BCUT2D eigenvalue weighted by atomic mass is 32.5. The number of rotatable bonds is 0. The van der Waals surface area contributed by atoms with Crippen LogP contribution in [-0.4, -0.2) is 18.5 Å². The Morgan fingerprint density at radius 2 is 1.88 bits per heavy atom. The zero-order chi connectivity index (χ0) is 6.04. The molecule has 1 fully saturated rings. The minimum Gasteiger partial charge on any atom is -0.328 e. The highest BCUT2D eigenvalue weighted by Gasteiger charge is 2.18. The van der Waals surface area contributed by atoms with Gasteiger partial charge in [-0.1, -0.05) is 0 Å². The zero-order valence-electron chi connectivity index (χ0n) is 3.94. The van der Waals surface area contributed by atoms with Crippen LogP contribution in [0.5, 0.6) is 0 Å². The molecule has 0 spiro atoms. The summed E-state index contributed by atoms with van der Waals surface area (Å²) in [5, 5.41) is 0. The van der Waals surface area contributed by atoms with Gasteiger partial charge in [-0.3, -0.25) is 9.05 Å². The van der Waals surface area contributed by atoms with E-state index in [2.05, 4.69) is 25.6 Å². The molecule has 1 rings (SSSR count). The Morgan fingerprint density at radius 3 is 2.12 bits per heavy atom. The maximum atomic E-state index is 8.78. The van der Waals surface area contributed by atoms with E-state index in [1.807, 2.05) is 0 Å². The summed E-state index contributed by atoms with van der Waals surface area (Å²) in [6.45, 7) is -2.81. The van der Waals surface area contributed by atoms with Crippen molar-refractivity contribution in [2.75, 3.05) is 13.6 Å². The Kier molecular flexibility index (Phi) is 1.97. The summed E-state index contributed by atoms with van der Waals surface area (Å²) in [6.07, 6.45) is 0. The molecule has 48 valence electrons. The molecule has 1 heterocycles. The Hall–Kier alpha value is 0.490. The van der Waals surface area contributed by atoms with Crippen molar-refractivity contribution in [2.24, 2.45) is 0 Å². The maximum absolute atomic E-state index is 8.78. The molecule has 0 atom stereocenters. The van der Waals surface area contributed by atoms with Crippen LogP contribution in [0.25, 0.3) is 0 Å². The lowest BCUT2D eigenvalue weighted by molar-refractivity contribution is -0.104. The second-order valence-electron chi connectivity index (χ2n) is 1.17. The number of ether oxygens (including phenoxy) is 1. The van der Waals surface area contributed by atoms with E-state index < -0.39 is 6.72 Å². The van der Waals surface area contributed by atoms with Crippen molar-refractivity contribution in [3.63, 3.8) is 0 Å². The lowest BCUT2D eigenvalue weighted by atomic mass is 11.4. The van der Waals surface area contributed by atoms with Gasteiger partial charge in [0.1, 0.15) is 0 Å². The van der Waals surface area contributed by atoms with Gasteiger partial charge in [-0.15, -0.1) is 0 Å². The average Bonchev–Trinajstić information content (AvgIpc) is 1.65. The molecule has 0 bridgehead atoms. The van der Waals surface area contributed by atoms with Crippen LogP contribution in [0.15, 0.2) is 0 Å². The minimum atomic E-state index is -2.88. The third-order valence-electron chi connectivity index (χ3n) is 0.598. The summed E-state index contributed by atoms with van der Waals surface area (Å²) in [5.41, 5.74) is 0. The molecule has 1 aliphatic rings. The fourth-order valence-electron chi connectivity index (χ4n) is 0.279. The highest BCUT2D eigenvalue weighted by Crippen LogP contribution is 2.45. The first-order valence-electron chi connectivity index (χ1n) is 1.90. The molecule has 0 aromatic rings. The predicted octanol–water partition coefficient (Wildman–Crippen LogP) is 0.182. The number of hydrogen-bond donors (Lipinski definition) is 1. The summed E-state index contributed by atoms with van der Waals surface area (Å²) < 4.78 is 13.6. The summed E-state index contributed by atoms with van der Waals surface area (Å²) >= 11 is 4.44. The third kappa shape index (κ3) is 1.78. The Bertz CT molecular complexity index is 115. The second-order valence-corrected chi connectivity index (χ2v) is 4.00. The van der Waals surface area contributed by atoms with E-state index >= 15 is 0 Å². The molecule has 0 aromatic carbocycles. The Balaban J connectivity index is 2.45. The largest absolute Gasteiger partial charge is 0.328 e. The normalized spacial score (nSPS) is 27.6. The summed E-state index contributed by atoms with van der Waals surface area (Å²) in [4.78, 5) is 8.78. The van der Waals surface area contributed by atoms with E-state index in [1.54, 1.807) is 0 Å². The van der Waals surface area contributed by atoms with Crippen LogP contribution in [-0.2, 0) is 25.6 Å². The zero-order valence-corrected chi connectivity index (χ0v) is 5.65. The van der Waals surface area contributed by atoms with Gasteiger partial charge in [0.05, 0.1) is 0 Å². The standard InChI is InChI=1S/C2H5O4PS/c3-7(8)5-1-4-2-6-7/h1-2H2,(H,3,8). The predicted molar refractivity (Wildman–Crippen MR) is 29.5 cm³/mol. The van der Waals surface area contributed by atoms with E-state index in [9.17, 15) is 0 Å². The number of hydrogen-bond acceptors (Lipinski definition) is 4. The summed E-state index contributed by atoms with van der Waals surface area (Å²) in [6, 6.07) is 0. The minimum absolute atomic E-state index is 0.0355. The van der Waals surface area contributed by atoms with E-state index in [-0.39, 0.29) is 13.6 Å². The summed E-state index contributed by atoms with van der Waals surface area (Å²) in [7, 11) is 0. The van der Waals surface area contributed by atoms with Crippen molar-refractivity contribution in [2.45, 2.75) is 0 Å². The van der Waals surface area contributed by atoms with Crippen LogP contribution >= 0.6 is 6.72 Å². The van der Waals surface area contributed by atoms with Crippen molar-refractivity contribution in [1.82, 2.24) is 0 Å². The van der Waals surface area contributed by atoms with Crippen LogP contribution in [0.3, 0.4) is 0 Å². The van der Waals surface area contributed by atoms with Crippen molar-refractivity contribution >= 4 is 18.5 Å². The van der Waals surface area contributed by atoms with Gasteiger partial charge in [0.2, 0.25) is 0 Å². The molecule has 6 heteroatoms. The first kappa shape index (κ1) is 6.61. The fourth-order valence-corrected chi connectivity index (χ4v) is 1.03. The van der Waals surface area contributed by atoms with Crippen LogP contribution in [0, 0.1) is 0 Å². The molecule has 4 nitrogen and oxygen atoms in total. The van der Waals surface area contributed by atoms with E-state index in [0.717, 1.165) is 0 Å². The molecule has 0 amide bonds. The molecule has 0 radical (unpaired) electrons.